The number of benzene rings is 1. The molecule has 2 aromatic rings. The van der Waals surface area contributed by atoms with Crippen LogP contribution in [0.1, 0.15) is 31.0 Å². The van der Waals surface area contributed by atoms with Gasteiger partial charge in [-0.3, -0.25) is 5.10 Å². The van der Waals surface area contributed by atoms with E-state index in [4.69, 9.17) is 5.73 Å². The zero-order valence-corrected chi connectivity index (χ0v) is 12.7. The smallest absolute Gasteiger partial charge is 0.153 e. The van der Waals surface area contributed by atoms with Crippen LogP contribution in [0.4, 0.5) is 5.82 Å². The highest BCUT2D eigenvalue weighted by atomic mass is 32.2. The van der Waals surface area contributed by atoms with Gasteiger partial charge in [-0.25, -0.2) is 8.42 Å². The van der Waals surface area contributed by atoms with Gasteiger partial charge in [0, 0.05) is 11.8 Å². The summed E-state index contributed by atoms with van der Waals surface area (Å²) in [6, 6.07) is 7.94. The molecule has 0 aliphatic carbocycles. The highest BCUT2D eigenvalue weighted by Crippen LogP contribution is 2.30. The van der Waals surface area contributed by atoms with Crippen LogP contribution >= 0.6 is 0 Å². The van der Waals surface area contributed by atoms with Crippen LogP contribution in [0.5, 0.6) is 0 Å². The first-order chi connectivity index (χ1) is 9.28. The van der Waals surface area contributed by atoms with Gasteiger partial charge in [-0.2, -0.15) is 5.10 Å². The molecule has 0 aliphatic heterocycles. The van der Waals surface area contributed by atoms with Gasteiger partial charge in [0.05, 0.1) is 11.4 Å². The van der Waals surface area contributed by atoms with Crippen molar-refractivity contribution in [3.05, 3.63) is 35.5 Å². The summed E-state index contributed by atoms with van der Waals surface area (Å²) in [5.41, 5.74) is 9.15. The van der Waals surface area contributed by atoms with E-state index >= 15 is 0 Å². The van der Waals surface area contributed by atoms with E-state index in [9.17, 15) is 8.42 Å². The van der Waals surface area contributed by atoms with Gasteiger partial charge in [-0.15, -0.1) is 0 Å². The van der Waals surface area contributed by atoms with Crippen LogP contribution in [0.3, 0.4) is 0 Å². The van der Waals surface area contributed by atoms with Crippen LogP contribution in [-0.2, 0) is 15.6 Å². The van der Waals surface area contributed by atoms with Crippen LogP contribution in [0.15, 0.2) is 24.3 Å². The number of sulfone groups is 1. The van der Waals surface area contributed by atoms with Crippen LogP contribution in [-0.4, -0.2) is 24.9 Å². The third kappa shape index (κ3) is 3.19. The summed E-state index contributed by atoms with van der Waals surface area (Å²) < 4.78 is 22.9. The molecular formula is C14H19N3O2S. The number of H-pyrrole nitrogens is 1. The average molecular weight is 293 g/mol. The molecule has 20 heavy (non-hydrogen) atoms. The van der Waals surface area contributed by atoms with Crippen LogP contribution < -0.4 is 5.73 Å². The lowest BCUT2D eigenvalue weighted by molar-refractivity contribution is 0.600. The van der Waals surface area contributed by atoms with Crippen molar-refractivity contribution in [3.8, 4) is 11.1 Å². The molecule has 3 N–H and O–H groups in total. The fourth-order valence-electron chi connectivity index (χ4n) is 2.12. The van der Waals surface area contributed by atoms with Crippen molar-refractivity contribution >= 4 is 15.7 Å². The molecule has 1 aromatic heterocycles. The number of rotatable bonds is 4. The minimum atomic E-state index is -3.14. The molecule has 0 saturated carbocycles. The second-order valence-electron chi connectivity index (χ2n) is 5.31. The number of nitrogens with zero attached hydrogens (tertiary/aromatic N) is 1. The largest absolute Gasteiger partial charge is 0.382 e. The number of nitrogen functional groups attached to an aromatic ring is 1. The Labute approximate surface area is 119 Å². The molecule has 0 saturated heterocycles. The van der Waals surface area contributed by atoms with E-state index < -0.39 is 9.84 Å². The number of aromatic amines is 1. The summed E-state index contributed by atoms with van der Waals surface area (Å²) in [5, 5.41) is 6.64. The average Bonchev–Trinajstić information content (AvgIpc) is 2.68. The number of nitrogens with two attached hydrogens (primary N) is 1. The Hall–Kier alpha value is -1.82. The Morgan fingerprint density at radius 1 is 1.25 bits per heavy atom. The fourth-order valence-corrected chi connectivity index (χ4v) is 2.85. The Morgan fingerprint density at radius 3 is 2.35 bits per heavy atom. The van der Waals surface area contributed by atoms with E-state index in [1.807, 2.05) is 24.3 Å². The highest BCUT2D eigenvalue weighted by Gasteiger charge is 2.17. The summed E-state index contributed by atoms with van der Waals surface area (Å²) in [6.45, 7) is 4.24. The maximum atomic E-state index is 11.4. The lowest BCUT2D eigenvalue weighted by Crippen LogP contribution is -2.02. The predicted octanol–water partition coefficient (Wildman–Crippen LogP) is 2.33. The van der Waals surface area contributed by atoms with E-state index in [1.54, 1.807) is 0 Å². The lowest BCUT2D eigenvalue weighted by Gasteiger charge is -2.08. The van der Waals surface area contributed by atoms with E-state index in [-0.39, 0.29) is 5.75 Å². The molecule has 0 fully saturated rings. The molecule has 108 valence electrons. The Morgan fingerprint density at radius 2 is 1.85 bits per heavy atom. The molecule has 0 atom stereocenters. The Kier molecular flexibility index (Phi) is 3.85. The van der Waals surface area contributed by atoms with Gasteiger partial charge in [0.25, 0.3) is 0 Å². The SMILES string of the molecule is CC(C)c1ccc(-c2c(N)n[nH]c2CS(C)(=O)=O)cc1. The normalized spacial score (nSPS) is 12.0. The molecule has 2 rings (SSSR count). The summed E-state index contributed by atoms with van der Waals surface area (Å²) >= 11 is 0. The second kappa shape index (κ2) is 5.28. The van der Waals surface area contributed by atoms with E-state index in [0.29, 0.717) is 23.0 Å². The molecule has 0 unspecified atom stereocenters. The summed E-state index contributed by atoms with van der Waals surface area (Å²) in [6.07, 6.45) is 1.19. The molecule has 0 amide bonds. The van der Waals surface area contributed by atoms with E-state index in [2.05, 4.69) is 24.0 Å². The third-order valence-corrected chi connectivity index (χ3v) is 3.95. The van der Waals surface area contributed by atoms with E-state index in [0.717, 1.165) is 5.56 Å². The first-order valence-corrected chi connectivity index (χ1v) is 8.44. The molecule has 0 bridgehead atoms. The predicted molar refractivity (Wildman–Crippen MR) is 81.1 cm³/mol. The zero-order chi connectivity index (χ0) is 14.9. The van der Waals surface area contributed by atoms with Gasteiger partial charge in [-0.1, -0.05) is 38.1 Å². The summed E-state index contributed by atoms with van der Waals surface area (Å²) in [5.74, 6) is 0.667. The number of hydrogen-bond donors (Lipinski definition) is 2. The highest BCUT2D eigenvalue weighted by molar-refractivity contribution is 7.89. The minimum Gasteiger partial charge on any atom is -0.382 e. The molecule has 1 aromatic carbocycles. The van der Waals surface area contributed by atoms with Gasteiger partial charge in [0.1, 0.15) is 0 Å². The maximum absolute atomic E-state index is 11.4. The molecule has 6 heteroatoms. The van der Waals surface area contributed by atoms with Crippen molar-refractivity contribution in [2.75, 3.05) is 12.0 Å². The molecule has 0 radical (unpaired) electrons. The minimum absolute atomic E-state index is 0.0987. The standard InChI is InChI=1S/C14H19N3O2S/c1-9(2)10-4-6-11(7-5-10)13-12(8-20(3,18)19)16-17-14(13)15/h4-7,9H,8H2,1-3H3,(H3,15,16,17). The molecule has 0 aliphatic rings. The third-order valence-electron chi connectivity index (χ3n) is 3.14. The number of nitrogens with one attached hydrogen (secondary N) is 1. The van der Waals surface area contributed by atoms with Crippen molar-refractivity contribution in [1.29, 1.82) is 0 Å². The van der Waals surface area contributed by atoms with Gasteiger partial charge in [-0.05, 0) is 17.0 Å². The first-order valence-electron chi connectivity index (χ1n) is 6.38. The quantitative estimate of drug-likeness (QED) is 0.905. The van der Waals surface area contributed by atoms with Gasteiger partial charge in [0.15, 0.2) is 15.7 Å². The lowest BCUT2D eigenvalue weighted by atomic mass is 9.99. The first kappa shape index (κ1) is 14.6. The Bertz CT molecular complexity index is 701. The fraction of sp³-hybridized carbons (Fsp3) is 0.357. The van der Waals surface area contributed by atoms with E-state index in [1.165, 1.54) is 11.8 Å². The maximum Gasteiger partial charge on any atom is 0.153 e. The number of hydrogen-bond acceptors (Lipinski definition) is 4. The van der Waals surface area contributed by atoms with Gasteiger partial charge in [0.2, 0.25) is 0 Å². The van der Waals surface area contributed by atoms with Crippen LogP contribution in [0.2, 0.25) is 0 Å². The van der Waals surface area contributed by atoms with Crippen molar-refractivity contribution in [2.45, 2.75) is 25.5 Å². The topological polar surface area (TPSA) is 88.8 Å². The summed E-state index contributed by atoms with van der Waals surface area (Å²) in [7, 11) is -3.14. The number of anilines is 1. The summed E-state index contributed by atoms with van der Waals surface area (Å²) in [4.78, 5) is 0. The molecule has 1 heterocycles. The van der Waals surface area contributed by atoms with Crippen molar-refractivity contribution in [2.24, 2.45) is 0 Å². The second-order valence-corrected chi connectivity index (χ2v) is 7.45. The van der Waals surface area contributed by atoms with Crippen molar-refractivity contribution in [3.63, 3.8) is 0 Å². The number of aromatic nitrogens is 2. The Balaban J connectivity index is 2.44. The molecule has 5 nitrogen and oxygen atoms in total. The van der Waals surface area contributed by atoms with Crippen LogP contribution in [0.25, 0.3) is 11.1 Å². The van der Waals surface area contributed by atoms with Crippen molar-refractivity contribution in [1.82, 2.24) is 10.2 Å². The van der Waals surface area contributed by atoms with Gasteiger partial charge >= 0.3 is 0 Å². The zero-order valence-electron chi connectivity index (χ0n) is 11.8. The van der Waals surface area contributed by atoms with Crippen molar-refractivity contribution < 1.29 is 8.42 Å². The van der Waals surface area contributed by atoms with Crippen LogP contribution in [0, 0.1) is 0 Å². The molecule has 0 spiro atoms. The monoisotopic (exact) mass is 293 g/mol. The van der Waals surface area contributed by atoms with Gasteiger partial charge < -0.3 is 5.73 Å². The molecular weight excluding hydrogens is 274 g/mol.